The van der Waals surface area contributed by atoms with E-state index in [1.807, 2.05) is 38.1 Å². The zero-order chi connectivity index (χ0) is 13.1. The lowest BCUT2D eigenvalue weighted by Gasteiger charge is -2.31. The van der Waals surface area contributed by atoms with Gasteiger partial charge in [-0.15, -0.1) is 0 Å². The Morgan fingerprint density at radius 1 is 1.47 bits per heavy atom. The van der Waals surface area contributed by atoms with E-state index in [4.69, 9.17) is 5.73 Å². The number of halogens is 1. The summed E-state index contributed by atoms with van der Waals surface area (Å²) in [6, 6.07) is 7.87. The van der Waals surface area contributed by atoms with Crippen LogP contribution in [0.25, 0.3) is 0 Å². The minimum atomic E-state index is -0.823. The van der Waals surface area contributed by atoms with Gasteiger partial charge in [0.05, 0.1) is 0 Å². The van der Waals surface area contributed by atoms with Gasteiger partial charge in [0.2, 0.25) is 5.91 Å². The Morgan fingerprint density at radius 2 is 2.00 bits per heavy atom. The molecule has 1 aromatic rings. The standard InChI is InChI=1S/C13H19BrN2O/c1-4-9(2)16-13(3,12(15)17)10-5-7-11(14)8-6-10/h5-9,16H,4H2,1-3H3,(H2,15,17). The summed E-state index contributed by atoms with van der Waals surface area (Å²) in [5, 5.41) is 3.29. The van der Waals surface area contributed by atoms with Crippen LogP contribution in [0, 0.1) is 0 Å². The fourth-order valence-electron chi connectivity index (χ4n) is 1.67. The number of hydrogen-bond acceptors (Lipinski definition) is 2. The monoisotopic (exact) mass is 298 g/mol. The summed E-state index contributed by atoms with van der Waals surface area (Å²) >= 11 is 3.38. The van der Waals surface area contributed by atoms with Gasteiger partial charge < -0.3 is 5.73 Å². The van der Waals surface area contributed by atoms with Crippen molar-refractivity contribution in [3.63, 3.8) is 0 Å². The van der Waals surface area contributed by atoms with E-state index in [-0.39, 0.29) is 11.9 Å². The first kappa shape index (κ1) is 14.2. The predicted molar refractivity (Wildman–Crippen MR) is 73.6 cm³/mol. The van der Waals surface area contributed by atoms with Crippen molar-refractivity contribution in [1.29, 1.82) is 0 Å². The smallest absolute Gasteiger partial charge is 0.242 e. The summed E-state index contributed by atoms with van der Waals surface area (Å²) in [6.07, 6.45) is 0.944. The highest BCUT2D eigenvalue weighted by atomic mass is 79.9. The zero-order valence-corrected chi connectivity index (χ0v) is 12.0. The molecule has 0 spiro atoms. The number of nitrogens with two attached hydrogens (primary N) is 1. The quantitative estimate of drug-likeness (QED) is 0.878. The molecule has 17 heavy (non-hydrogen) atoms. The van der Waals surface area contributed by atoms with E-state index < -0.39 is 5.54 Å². The second kappa shape index (κ2) is 5.65. The highest BCUT2D eigenvalue weighted by Gasteiger charge is 2.33. The van der Waals surface area contributed by atoms with E-state index in [9.17, 15) is 4.79 Å². The van der Waals surface area contributed by atoms with Gasteiger partial charge in [-0.1, -0.05) is 35.0 Å². The van der Waals surface area contributed by atoms with Crippen LogP contribution in [-0.2, 0) is 10.3 Å². The molecule has 0 aromatic heterocycles. The number of amides is 1. The first-order chi connectivity index (χ1) is 7.90. The van der Waals surface area contributed by atoms with E-state index in [0.29, 0.717) is 0 Å². The molecule has 1 rings (SSSR count). The molecule has 0 radical (unpaired) electrons. The third-order valence-corrected chi connectivity index (χ3v) is 3.59. The summed E-state index contributed by atoms with van der Waals surface area (Å²) in [7, 11) is 0. The van der Waals surface area contributed by atoms with Gasteiger partial charge in [0.25, 0.3) is 0 Å². The van der Waals surface area contributed by atoms with Crippen LogP contribution in [0.4, 0.5) is 0 Å². The average molecular weight is 299 g/mol. The predicted octanol–water partition coefficient (Wildman–Crippen LogP) is 2.54. The average Bonchev–Trinajstić information content (AvgIpc) is 2.29. The van der Waals surface area contributed by atoms with Crippen LogP contribution in [0.2, 0.25) is 0 Å². The molecular weight excluding hydrogens is 280 g/mol. The molecule has 0 heterocycles. The van der Waals surface area contributed by atoms with Crippen LogP contribution in [0.3, 0.4) is 0 Å². The summed E-state index contributed by atoms with van der Waals surface area (Å²) in [4.78, 5) is 11.7. The Labute approximate surface area is 111 Å². The van der Waals surface area contributed by atoms with Crippen molar-refractivity contribution >= 4 is 21.8 Å². The highest BCUT2D eigenvalue weighted by Crippen LogP contribution is 2.23. The van der Waals surface area contributed by atoms with Gasteiger partial charge in [-0.2, -0.15) is 0 Å². The van der Waals surface area contributed by atoms with Gasteiger partial charge in [-0.25, -0.2) is 0 Å². The lowest BCUT2D eigenvalue weighted by molar-refractivity contribution is -0.124. The van der Waals surface area contributed by atoms with Gasteiger partial charge in [0.1, 0.15) is 5.54 Å². The molecule has 0 saturated carbocycles. The zero-order valence-electron chi connectivity index (χ0n) is 10.5. The van der Waals surface area contributed by atoms with Crippen molar-refractivity contribution in [2.75, 3.05) is 0 Å². The van der Waals surface area contributed by atoms with E-state index in [0.717, 1.165) is 16.5 Å². The lowest BCUT2D eigenvalue weighted by atomic mass is 9.90. The van der Waals surface area contributed by atoms with Crippen LogP contribution in [-0.4, -0.2) is 11.9 Å². The third-order valence-electron chi connectivity index (χ3n) is 3.06. The number of nitrogens with one attached hydrogen (secondary N) is 1. The number of carbonyl (C=O) groups excluding carboxylic acids is 1. The first-order valence-corrected chi connectivity index (χ1v) is 6.53. The Morgan fingerprint density at radius 3 is 2.41 bits per heavy atom. The second-order valence-electron chi connectivity index (χ2n) is 4.45. The van der Waals surface area contributed by atoms with Gasteiger partial charge in [-0.05, 0) is 38.0 Å². The summed E-state index contributed by atoms with van der Waals surface area (Å²) in [6.45, 7) is 5.94. The molecule has 0 fully saturated rings. The van der Waals surface area contributed by atoms with Gasteiger partial charge in [0, 0.05) is 10.5 Å². The molecule has 2 atom stereocenters. The molecule has 3 N–H and O–H groups in total. The molecule has 0 bridgehead atoms. The Hall–Kier alpha value is -0.870. The van der Waals surface area contributed by atoms with E-state index >= 15 is 0 Å². The minimum absolute atomic E-state index is 0.233. The number of rotatable bonds is 5. The Kier molecular flexibility index (Phi) is 4.71. The Bertz CT molecular complexity index is 391. The molecule has 1 aromatic carbocycles. The van der Waals surface area contributed by atoms with Crippen LogP contribution < -0.4 is 11.1 Å². The van der Waals surface area contributed by atoms with Crippen molar-refractivity contribution < 1.29 is 4.79 Å². The maximum Gasteiger partial charge on any atom is 0.242 e. The van der Waals surface area contributed by atoms with E-state index in [2.05, 4.69) is 28.2 Å². The molecular formula is C13H19BrN2O. The lowest BCUT2D eigenvalue weighted by Crippen LogP contribution is -2.53. The van der Waals surface area contributed by atoms with Crippen LogP contribution >= 0.6 is 15.9 Å². The molecule has 0 aliphatic rings. The SMILES string of the molecule is CCC(C)NC(C)(C(N)=O)c1ccc(Br)cc1. The van der Waals surface area contributed by atoms with Crippen molar-refractivity contribution in [2.45, 2.75) is 38.8 Å². The van der Waals surface area contributed by atoms with Gasteiger partial charge in [-0.3, -0.25) is 10.1 Å². The maximum atomic E-state index is 11.7. The minimum Gasteiger partial charge on any atom is -0.368 e. The first-order valence-electron chi connectivity index (χ1n) is 5.73. The molecule has 3 nitrogen and oxygen atoms in total. The number of carbonyl (C=O) groups is 1. The second-order valence-corrected chi connectivity index (χ2v) is 5.37. The van der Waals surface area contributed by atoms with Crippen molar-refractivity contribution in [3.05, 3.63) is 34.3 Å². The van der Waals surface area contributed by atoms with Crippen molar-refractivity contribution in [2.24, 2.45) is 5.73 Å². The number of hydrogen-bond donors (Lipinski definition) is 2. The molecule has 4 heteroatoms. The molecule has 0 aliphatic carbocycles. The number of primary amides is 1. The third kappa shape index (κ3) is 3.30. The molecule has 0 saturated heterocycles. The van der Waals surface area contributed by atoms with Crippen LogP contribution in [0.15, 0.2) is 28.7 Å². The summed E-state index contributed by atoms with van der Waals surface area (Å²) in [5.74, 6) is -0.361. The van der Waals surface area contributed by atoms with Crippen LogP contribution in [0.5, 0.6) is 0 Å². The van der Waals surface area contributed by atoms with Gasteiger partial charge >= 0.3 is 0 Å². The maximum absolute atomic E-state index is 11.7. The largest absolute Gasteiger partial charge is 0.368 e. The fraction of sp³-hybridized carbons (Fsp3) is 0.462. The van der Waals surface area contributed by atoms with Crippen LogP contribution in [0.1, 0.15) is 32.8 Å². The summed E-state index contributed by atoms with van der Waals surface area (Å²) < 4.78 is 0.983. The fourth-order valence-corrected chi connectivity index (χ4v) is 1.94. The topological polar surface area (TPSA) is 55.1 Å². The van der Waals surface area contributed by atoms with Crippen molar-refractivity contribution in [1.82, 2.24) is 5.32 Å². The highest BCUT2D eigenvalue weighted by molar-refractivity contribution is 9.10. The molecule has 0 aliphatic heterocycles. The van der Waals surface area contributed by atoms with Gasteiger partial charge in [0.15, 0.2) is 0 Å². The van der Waals surface area contributed by atoms with Crippen molar-refractivity contribution in [3.8, 4) is 0 Å². The van der Waals surface area contributed by atoms with E-state index in [1.54, 1.807) is 0 Å². The van der Waals surface area contributed by atoms with E-state index in [1.165, 1.54) is 0 Å². The Balaban J connectivity index is 3.07. The molecule has 1 amide bonds. The molecule has 94 valence electrons. The number of benzene rings is 1. The summed E-state index contributed by atoms with van der Waals surface area (Å²) in [5.41, 5.74) is 5.59. The molecule has 2 unspecified atom stereocenters. The normalized spacial score (nSPS) is 16.2.